The van der Waals surface area contributed by atoms with E-state index in [9.17, 15) is 19.7 Å². The maximum atomic E-state index is 12.7. The minimum absolute atomic E-state index is 0.0114. The molecule has 1 saturated heterocycles. The highest BCUT2D eigenvalue weighted by molar-refractivity contribution is 6.32. The van der Waals surface area contributed by atoms with Gasteiger partial charge in [0, 0.05) is 12.1 Å². The van der Waals surface area contributed by atoms with Crippen LogP contribution in [0, 0.1) is 33.8 Å². The number of hydrogen-bond acceptors (Lipinski definition) is 6. The van der Waals surface area contributed by atoms with E-state index in [0.717, 1.165) is 11.4 Å². The number of carbonyl (C=O) groups excluding carboxylic acids is 2. The molecule has 9 heteroatoms. The Kier molecular flexibility index (Phi) is 5.01. The van der Waals surface area contributed by atoms with Crippen molar-refractivity contribution in [3.05, 3.63) is 80.9 Å². The summed E-state index contributed by atoms with van der Waals surface area (Å²) in [6.07, 6.45) is 6.38. The first-order valence-electron chi connectivity index (χ1n) is 10.2. The summed E-state index contributed by atoms with van der Waals surface area (Å²) in [4.78, 5) is 35.8. The molecule has 2 aliphatic carbocycles. The van der Waals surface area contributed by atoms with E-state index in [0.29, 0.717) is 21.9 Å². The van der Waals surface area contributed by atoms with Crippen LogP contribution in [0.15, 0.2) is 59.7 Å². The summed E-state index contributed by atoms with van der Waals surface area (Å²) in [5, 5.41) is 16.3. The van der Waals surface area contributed by atoms with Crippen molar-refractivity contribution < 1.29 is 19.2 Å². The molecule has 1 heterocycles. The number of non-ortho nitro benzene ring substituents is 1. The summed E-state index contributed by atoms with van der Waals surface area (Å²) in [7, 11) is 0. The van der Waals surface area contributed by atoms with Crippen molar-refractivity contribution in [2.75, 3.05) is 0 Å². The van der Waals surface area contributed by atoms with E-state index < -0.39 is 4.92 Å². The second-order valence-corrected chi connectivity index (χ2v) is 8.55. The fourth-order valence-electron chi connectivity index (χ4n) is 4.76. The van der Waals surface area contributed by atoms with Crippen molar-refractivity contribution in [3.8, 4) is 5.75 Å². The van der Waals surface area contributed by atoms with Gasteiger partial charge in [-0.25, -0.2) is 0 Å². The minimum atomic E-state index is -0.463. The molecule has 3 aliphatic rings. The number of imide groups is 1. The van der Waals surface area contributed by atoms with Gasteiger partial charge in [0.1, 0.15) is 12.4 Å². The first-order valence-corrected chi connectivity index (χ1v) is 10.6. The molecule has 162 valence electrons. The highest BCUT2D eigenvalue weighted by Gasteiger charge is 2.59. The van der Waals surface area contributed by atoms with Crippen molar-refractivity contribution in [3.63, 3.8) is 0 Å². The van der Waals surface area contributed by atoms with Gasteiger partial charge in [0.05, 0.1) is 28.0 Å². The Balaban J connectivity index is 1.25. The van der Waals surface area contributed by atoms with Crippen molar-refractivity contribution in [2.45, 2.75) is 13.0 Å². The molecule has 2 aromatic rings. The van der Waals surface area contributed by atoms with Gasteiger partial charge in [0.25, 0.3) is 17.5 Å². The zero-order valence-corrected chi connectivity index (χ0v) is 17.5. The van der Waals surface area contributed by atoms with Crippen LogP contribution < -0.4 is 4.74 Å². The number of nitro benzene ring substituents is 1. The van der Waals surface area contributed by atoms with Crippen molar-refractivity contribution >= 4 is 35.3 Å². The lowest BCUT2D eigenvalue weighted by Gasteiger charge is -2.13. The Morgan fingerprint density at radius 3 is 2.50 bits per heavy atom. The Morgan fingerprint density at radius 1 is 1.12 bits per heavy atom. The number of nitro groups is 1. The molecule has 0 radical (unpaired) electrons. The summed E-state index contributed by atoms with van der Waals surface area (Å²) >= 11 is 6.30. The topological polar surface area (TPSA) is 102 Å². The third kappa shape index (κ3) is 3.46. The molecule has 2 amide bonds. The molecule has 0 aromatic heterocycles. The molecule has 2 bridgehead atoms. The second-order valence-electron chi connectivity index (χ2n) is 8.14. The van der Waals surface area contributed by atoms with Crippen LogP contribution >= 0.6 is 11.6 Å². The molecule has 8 nitrogen and oxygen atoms in total. The number of fused-ring (bicyclic) bond motifs is 5. The van der Waals surface area contributed by atoms with Gasteiger partial charge in [-0.3, -0.25) is 19.7 Å². The highest BCUT2D eigenvalue weighted by Crippen LogP contribution is 2.52. The standard InChI is InChI=1S/C23H18ClN3O5/c24-18-9-13(4-7-19(18)32-12-14-2-1-3-17(8-14)27(30)31)11-25-26-22(28)20-15-5-6-16(10-15)21(20)23(26)29/h1-9,11,15-16,20-21H,10,12H2/t15-,16-,20-,21+/m0/s1. The summed E-state index contributed by atoms with van der Waals surface area (Å²) in [6, 6.07) is 11.1. The summed E-state index contributed by atoms with van der Waals surface area (Å²) in [6.45, 7) is 0.116. The van der Waals surface area contributed by atoms with Crippen molar-refractivity contribution in [1.82, 2.24) is 5.01 Å². The third-order valence-corrected chi connectivity index (χ3v) is 6.54. The zero-order chi connectivity index (χ0) is 22.4. The monoisotopic (exact) mass is 451 g/mol. The predicted octanol–water partition coefficient (Wildman–Crippen LogP) is 3.97. The Morgan fingerprint density at radius 2 is 1.84 bits per heavy atom. The van der Waals surface area contributed by atoms with Gasteiger partial charge in [-0.15, -0.1) is 0 Å². The fraction of sp³-hybridized carbons (Fsp3) is 0.261. The molecule has 1 saturated carbocycles. The normalized spacial score (nSPS) is 25.7. The maximum absolute atomic E-state index is 12.7. The van der Waals surface area contributed by atoms with Crippen LogP contribution in [-0.2, 0) is 16.2 Å². The van der Waals surface area contributed by atoms with E-state index in [1.807, 2.05) is 12.2 Å². The first kappa shape index (κ1) is 20.4. The number of hydrazone groups is 1. The molecule has 5 rings (SSSR count). The predicted molar refractivity (Wildman–Crippen MR) is 116 cm³/mol. The molecular weight excluding hydrogens is 434 g/mol. The summed E-state index contributed by atoms with van der Waals surface area (Å²) < 4.78 is 5.68. The number of rotatable bonds is 6. The largest absolute Gasteiger partial charge is 0.487 e. The third-order valence-electron chi connectivity index (χ3n) is 6.24. The lowest BCUT2D eigenvalue weighted by atomic mass is 9.85. The summed E-state index contributed by atoms with van der Waals surface area (Å²) in [5.41, 5.74) is 1.24. The average Bonchev–Trinajstić information content (AvgIpc) is 3.46. The quantitative estimate of drug-likeness (QED) is 0.217. The first-order chi connectivity index (χ1) is 15.4. The molecule has 0 spiro atoms. The van der Waals surface area contributed by atoms with Crippen LogP contribution in [0.2, 0.25) is 5.02 Å². The van der Waals surface area contributed by atoms with E-state index in [4.69, 9.17) is 16.3 Å². The number of nitrogens with zero attached hydrogens (tertiary/aromatic N) is 3. The van der Waals surface area contributed by atoms with E-state index in [1.165, 1.54) is 18.3 Å². The second kappa shape index (κ2) is 7.87. The number of hydrogen-bond donors (Lipinski definition) is 0. The highest BCUT2D eigenvalue weighted by atomic mass is 35.5. The minimum Gasteiger partial charge on any atom is -0.487 e. The van der Waals surface area contributed by atoms with Gasteiger partial charge in [0.15, 0.2) is 0 Å². The molecule has 2 fully saturated rings. The number of halogens is 1. The van der Waals surface area contributed by atoms with E-state index in [2.05, 4.69) is 5.10 Å². The number of ether oxygens (including phenoxy) is 1. The fourth-order valence-corrected chi connectivity index (χ4v) is 5.00. The van der Waals surface area contributed by atoms with Gasteiger partial charge in [0.2, 0.25) is 0 Å². The maximum Gasteiger partial charge on any atom is 0.269 e. The number of carbonyl (C=O) groups is 2. The molecule has 32 heavy (non-hydrogen) atoms. The number of benzene rings is 2. The molecule has 2 aromatic carbocycles. The molecule has 0 unspecified atom stereocenters. The lowest BCUT2D eigenvalue weighted by Crippen LogP contribution is -2.28. The van der Waals surface area contributed by atoms with Crippen molar-refractivity contribution in [1.29, 1.82) is 0 Å². The van der Waals surface area contributed by atoms with Gasteiger partial charge >= 0.3 is 0 Å². The van der Waals surface area contributed by atoms with Crippen molar-refractivity contribution in [2.24, 2.45) is 28.8 Å². The average molecular weight is 452 g/mol. The van der Waals surface area contributed by atoms with Crippen LogP contribution in [0.5, 0.6) is 5.75 Å². The smallest absolute Gasteiger partial charge is 0.269 e. The van der Waals surface area contributed by atoms with Gasteiger partial charge in [-0.05, 0) is 47.6 Å². The SMILES string of the molecule is O=C1[C@@H]2[C@H](C(=O)N1N=Cc1ccc(OCc3cccc([N+](=O)[O-])c3)c(Cl)c1)[C@H]1C=C[C@H]2C1. The summed E-state index contributed by atoms with van der Waals surface area (Å²) in [5.74, 6) is -0.379. The lowest BCUT2D eigenvalue weighted by molar-refractivity contribution is -0.384. The van der Waals surface area contributed by atoms with Crippen LogP contribution in [0.4, 0.5) is 5.69 Å². The Bertz CT molecular complexity index is 1160. The van der Waals surface area contributed by atoms with E-state index in [1.54, 1.807) is 30.3 Å². The van der Waals surface area contributed by atoms with Crippen LogP contribution in [0.1, 0.15) is 17.5 Å². The van der Waals surface area contributed by atoms with Gasteiger partial charge in [-0.2, -0.15) is 10.1 Å². The van der Waals surface area contributed by atoms with E-state index >= 15 is 0 Å². The number of allylic oxidation sites excluding steroid dienone is 2. The van der Waals surface area contributed by atoms with E-state index in [-0.39, 0.29) is 47.8 Å². The van der Waals surface area contributed by atoms with Gasteiger partial charge < -0.3 is 4.74 Å². The molecule has 1 aliphatic heterocycles. The molecular formula is C23H18ClN3O5. The Labute approximate surface area is 188 Å². The van der Waals surface area contributed by atoms with Crippen LogP contribution in [0.25, 0.3) is 0 Å². The zero-order valence-electron chi connectivity index (χ0n) is 16.8. The van der Waals surface area contributed by atoms with Crippen LogP contribution in [0.3, 0.4) is 0 Å². The molecule has 4 atom stereocenters. The van der Waals surface area contributed by atoms with Gasteiger partial charge in [-0.1, -0.05) is 35.9 Å². The molecule has 0 N–H and O–H groups in total. The Hall–Kier alpha value is -3.52. The van der Waals surface area contributed by atoms with Crippen LogP contribution in [-0.4, -0.2) is 28.0 Å². The number of amides is 2.